The third-order valence-electron chi connectivity index (χ3n) is 5.37. The van der Waals surface area contributed by atoms with E-state index in [0.29, 0.717) is 31.3 Å². The van der Waals surface area contributed by atoms with Gasteiger partial charge in [-0.15, -0.1) is 0 Å². The van der Waals surface area contributed by atoms with Crippen molar-refractivity contribution in [2.24, 2.45) is 0 Å². The molecule has 6 nitrogen and oxygen atoms in total. The number of aryl methyl sites for hydroxylation is 2. The number of carbonyl (C=O) groups excluding carboxylic acids is 1. The van der Waals surface area contributed by atoms with Gasteiger partial charge in [-0.2, -0.15) is 4.98 Å². The summed E-state index contributed by atoms with van der Waals surface area (Å²) in [5, 5.41) is 4.11. The van der Waals surface area contributed by atoms with Crippen LogP contribution in [0.25, 0.3) is 11.4 Å². The summed E-state index contributed by atoms with van der Waals surface area (Å²) in [6.45, 7) is 7.75. The Morgan fingerprint density at radius 1 is 1.07 bits per heavy atom. The van der Waals surface area contributed by atoms with Gasteiger partial charge in [0, 0.05) is 37.3 Å². The van der Waals surface area contributed by atoms with E-state index in [-0.39, 0.29) is 5.91 Å². The zero-order chi connectivity index (χ0) is 20.2. The molecular formula is C23H26N4O2. The highest BCUT2D eigenvalue weighted by molar-refractivity contribution is 5.94. The van der Waals surface area contributed by atoms with Crippen molar-refractivity contribution in [3.63, 3.8) is 0 Å². The highest BCUT2D eigenvalue weighted by atomic mass is 16.5. The maximum Gasteiger partial charge on any atom is 0.253 e. The number of benzene rings is 2. The number of nitrogens with zero attached hydrogens (tertiary/aromatic N) is 4. The lowest BCUT2D eigenvalue weighted by molar-refractivity contribution is 0.0615. The van der Waals surface area contributed by atoms with Gasteiger partial charge in [-0.3, -0.25) is 9.69 Å². The second-order valence-electron chi connectivity index (χ2n) is 7.50. The minimum Gasteiger partial charge on any atom is -0.338 e. The van der Waals surface area contributed by atoms with Crippen molar-refractivity contribution < 1.29 is 9.32 Å². The Labute approximate surface area is 171 Å². The second kappa shape index (κ2) is 8.57. The number of amides is 1. The van der Waals surface area contributed by atoms with Crippen LogP contribution >= 0.6 is 0 Å². The lowest BCUT2D eigenvalue weighted by Gasteiger charge is -2.34. The van der Waals surface area contributed by atoms with E-state index in [0.717, 1.165) is 30.6 Å². The molecule has 0 atom stereocenters. The van der Waals surface area contributed by atoms with Crippen LogP contribution in [0, 0.1) is 6.92 Å². The van der Waals surface area contributed by atoms with Crippen molar-refractivity contribution in [1.29, 1.82) is 0 Å². The van der Waals surface area contributed by atoms with E-state index in [1.54, 1.807) is 0 Å². The van der Waals surface area contributed by atoms with Crippen LogP contribution in [0.4, 0.5) is 0 Å². The first-order chi connectivity index (χ1) is 14.1. The summed E-state index contributed by atoms with van der Waals surface area (Å²) in [5.41, 5.74) is 4.13. The maximum atomic E-state index is 12.7. The summed E-state index contributed by atoms with van der Waals surface area (Å²) in [5.74, 6) is 1.33. The minimum atomic E-state index is 0.104. The predicted octanol–water partition coefficient (Wildman–Crippen LogP) is 3.57. The Balaban J connectivity index is 1.32. The average Bonchev–Trinajstić information content (AvgIpc) is 3.22. The monoisotopic (exact) mass is 390 g/mol. The van der Waals surface area contributed by atoms with Crippen LogP contribution in [0.1, 0.15) is 34.3 Å². The molecule has 0 saturated carbocycles. The lowest BCUT2D eigenvalue weighted by Crippen LogP contribution is -2.48. The Bertz CT molecular complexity index is 973. The highest BCUT2D eigenvalue weighted by Gasteiger charge is 2.23. The van der Waals surface area contributed by atoms with Crippen LogP contribution < -0.4 is 0 Å². The first-order valence-corrected chi connectivity index (χ1v) is 10.1. The SMILES string of the molecule is CCc1ccc(C(=O)N2CCN(Cc3nc(-c4cccc(C)c4)no3)CC2)cc1. The molecule has 2 heterocycles. The normalized spacial score (nSPS) is 14.9. The van der Waals surface area contributed by atoms with E-state index in [9.17, 15) is 4.79 Å². The van der Waals surface area contributed by atoms with Gasteiger partial charge < -0.3 is 9.42 Å². The number of piperazine rings is 1. The van der Waals surface area contributed by atoms with Gasteiger partial charge in [0.1, 0.15) is 0 Å². The van der Waals surface area contributed by atoms with Crippen LogP contribution in [0.2, 0.25) is 0 Å². The van der Waals surface area contributed by atoms with Crippen LogP contribution in [-0.4, -0.2) is 52.0 Å². The Hall–Kier alpha value is -2.99. The van der Waals surface area contributed by atoms with Crippen molar-refractivity contribution in [1.82, 2.24) is 19.9 Å². The number of aromatic nitrogens is 2. The molecule has 1 aromatic heterocycles. The Kier molecular flexibility index (Phi) is 5.71. The van der Waals surface area contributed by atoms with Gasteiger partial charge in [-0.1, -0.05) is 48.0 Å². The fourth-order valence-electron chi connectivity index (χ4n) is 3.59. The molecule has 0 N–H and O–H groups in total. The molecule has 0 unspecified atom stereocenters. The van der Waals surface area contributed by atoms with Gasteiger partial charge in [0.05, 0.1) is 6.54 Å². The largest absolute Gasteiger partial charge is 0.338 e. The Morgan fingerprint density at radius 2 is 1.83 bits per heavy atom. The van der Waals surface area contributed by atoms with Crippen LogP contribution in [0.15, 0.2) is 53.1 Å². The number of carbonyl (C=O) groups is 1. The zero-order valence-electron chi connectivity index (χ0n) is 17.0. The Morgan fingerprint density at radius 3 is 2.52 bits per heavy atom. The van der Waals surface area contributed by atoms with E-state index < -0.39 is 0 Å². The van der Waals surface area contributed by atoms with E-state index in [4.69, 9.17) is 4.52 Å². The number of hydrogen-bond acceptors (Lipinski definition) is 5. The smallest absolute Gasteiger partial charge is 0.253 e. The van der Waals surface area contributed by atoms with Crippen LogP contribution in [-0.2, 0) is 13.0 Å². The van der Waals surface area contributed by atoms with Gasteiger partial charge in [-0.25, -0.2) is 0 Å². The molecule has 0 spiro atoms. The fourth-order valence-corrected chi connectivity index (χ4v) is 3.59. The molecule has 1 fully saturated rings. The third-order valence-corrected chi connectivity index (χ3v) is 5.37. The molecule has 1 amide bonds. The van der Waals surface area contributed by atoms with Crippen molar-refractivity contribution >= 4 is 5.91 Å². The van der Waals surface area contributed by atoms with Gasteiger partial charge in [0.2, 0.25) is 11.7 Å². The minimum absolute atomic E-state index is 0.104. The number of hydrogen-bond donors (Lipinski definition) is 0. The molecule has 2 aromatic carbocycles. The summed E-state index contributed by atoms with van der Waals surface area (Å²) in [6.07, 6.45) is 0.981. The third kappa shape index (κ3) is 4.54. The van der Waals surface area contributed by atoms with Gasteiger partial charge in [0.25, 0.3) is 5.91 Å². The van der Waals surface area contributed by atoms with Gasteiger partial charge in [0.15, 0.2) is 0 Å². The quantitative estimate of drug-likeness (QED) is 0.667. The predicted molar refractivity (Wildman–Crippen MR) is 111 cm³/mol. The number of rotatable bonds is 5. The van der Waals surface area contributed by atoms with E-state index in [2.05, 4.69) is 22.0 Å². The second-order valence-corrected chi connectivity index (χ2v) is 7.50. The van der Waals surface area contributed by atoms with Crippen LogP contribution in [0.5, 0.6) is 0 Å². The topological polar surface area (TPSA) is 62.5 Å². The molecule has 150 valence electrons. The molecule has 0 bridgehead atoms. The van der Waals surface area contributed by atoms with Crippen molar-refractivity contribution in [2.45, 2.75) is 26.8 Å². The van der Waals surface area contributed by atoms with Crippen molar-refractivity contribution in [3.05, 3.63) is 71.1 Å². The average molecular weight is 390 g/mol. The molecule has 4 rings (SSSR count). The molecule has 6 heteroatoms. The van der Waals surface area contributed by atoms with Crippen molar-refractivity contribution in [2.75, 3.05) is 26.2 Å². The first-order valence-electron chi connectivity index (χ1n) is 10.1. The van der Waals surface area contributed by atoms with Gasteiger partial charge in [-0.05, 0) is 37.1 Å². The van der Waals surface area contributed by atoms with Crippen LogP contribution in [0.3, 0.4) is 0 Å². The molecule has 3 aromatic rings. The standard InChI is InChI=1S/C23H26N4O2/c1-3-18-7-9-19(10-8-18)23(28)27-13-11-26(12-14-27)16-21-24-22(25-29-21)20-6-4-5-17(2)15-20/h4-10,15H,3,11-14,16H2,1-2H3. The highest BCUT2D eigenvalue weighted by Crippen LogP contribution is 2.18. The summed E-state index contributed by atoms with van der Waals surface area (Å²) >= 11 is 0. The molecule has 1 aliphatic heterocycles. The molecule has 0 radical (unpaired) electrons. The maximum absolute atomic E-state index is 12.7. The summed E-state index contributed by atoms with van der Waals surface area (Å²) in [6, 6.07) is 16.0. The fraction of sp³-hybridized carbons (Fsp3) is 0.348. The zero-order valence-corrected chi connectivity index (χ0v) is 17.0. The van der Waals surface area contributed by atoms with E-state index in [1.807, 2.05) is 60.4 Å². The van der Waals surface area contributed by atoms with Crippen molar-refractivity contribution in [3.8, 4) is 11.4 Å². The molecule has 1 saturated heterocycles. The van der Waals surface area contributed by atoms with E-state index >= 15 is 0 Å². The van der Waals surface area contributed by atoms with Gasteiger partial charge >= 0.3 is 0 Å². The van der Waals surface area contributed by atoms with E-state index in [1.165, 1.54) is 11.1 Å². The molecule has 1 aliphatic rings. The first kappa shape index (κ1) is 19.3. The molecule has 29 heavy (non-hydrogen) atoms. The molecule has 0 aliphatic carbocycles. The summed E-state index contributed by atoms with van der Waals surface area (Å²) in [7, 11) is 0. The summed E-state index contributed by atoms with van der Waals surface area (Å²) < 4.78 is 5.44. The molecular weight excluding hydrogens is 364 g/mol. The lowest BCUT2D eigenvalue weighted by atomic mass is 10.1. The summed E-state index contributed by atoms with van der Waals surface area (Å²) in [4.78, 5) is 21.4.